The largest absolute Gasteiger partial charge is 0.370 e. The summed E-state index contributed by atoms with van der Waals surface area (Å²) in [6, 6.07) is 8.13. The number of pyridine rings is 1. The molecule has 0 aliphatic carbocycles. The van der Waals surface area contributed by atoms with Gasteiger partial charge in [-0.05, 0) is 43.5 Å². The van der Waals surface area contributed by atoms with Crippen molar-refractivity contribution in [1.29, 1.82) is 0 Å². The third-order valence-corrected chi connectivity index (χ3v) is 6.02. The number of aryl methyl sites for hydroxylation is 3. The summed E-state index contributed by atoms with van der Waals surface area (Å²) in [6.07, 6.45) is 4.09. The average molecular weight is 408 g/mol. The van der Waals surface area contributed by atoms with E-state index in [1.165, 1.54) is 18.6 Å². The SMILES string of the molecule is Cc1cc(C(=O)N2CCOC(c3ccc(F)cc3)C2)c2nc3n(c2n1)CCCCC3. The molecule has 2 aliphatic heterocycles. The number of rotatable bonds is 2. The molecule has 5 rings (SSSR count). The van der Waals surface area contributed by atoms with Gasteiger partial charge in [-0.3, -0.25) is 4.79 Å². The number of imidazole rings is 1. The van der Waals surface area contributed by atoms with Crippen molar-refractivity contribution in [2.24, 2.45) is 0 Å². The Bertz CT molecular complexity index is 1090. The number of amides is 1. The Hall–Kier alpha value is -2.80. The van der Waals surface area contributed by atoms with Gasteiger partial charge >= 0.3 is 0 Å². The lowest BCUT2D eigenvalue weighted by Crippen LogP contribution is -2.42. The Balaban J connectivity index is 1.47. The number of hydrogen-bond acceptors (Lipinski definition) is 4. The fourth-order valence-electron chi connectivity index (χ4n) is 4.46. The van der Waals surface area contributed by atoms with Crippen molar-refractivity contribution in [3.05, 3.63) is 58.8 Å². The van der Waals surface area contributed by atoms with Crippen molar-refractivity contribution in [3.63, 3.8) is 0 Å². The molecule has 0 spiro atoms. The van der Waals surface area contributed by atoms with Crippen LogP contribution in [0.25, 0.3) is 11.2 Å². The minimum Gasteiger partial charge on any atom is -0.370 e. The highest BCUT2D eigenvalue weighted by Crippen LogP contribution is 2.27. The minimum absolute atomic E-state index is 0.0471. The fourth-order valence-corrected chi connectivity index (χ4v) is 4.46. The maximum atomic E-state index is 13.5. The van der Waals surface area contributed by atoms with E-state index < -0.39 is 0 Å². The van der Waals surface area contributed by atoms with Gasteiger partial charge in [0.1, 0.15) is 23.3 Å². The summed E-state index contributed by atoms with van der Waals surface area (Å²) < 4.78 is 21.3. The number of nitrogens with zero attached hydrogens (tertiary/aromatic N) is 4. The Morgan fingerprint density at radius 3 is 2.80 bits per heavy atom. The van der Waals surface area contributed by atoms with Crippen LogP contribution in [0.15, 0.2) is 30.3 Å². The van der Waals surface area contributed by atoms with Gasteiger partial charge < -0.3 is 14.2 Å². The monoisotopic (exact) mass is 408 g/mol. The van der Waals surface area contributed by atoms with E-state index in [-0.39, 0.29) is 17.8 Å². The maximum absolute atomic E-state index is 13.5. The van der Waals surface area contributed by atoms with Gasteiger partial charge in [-0.25, -0.2) is 14.4 Å². The highest BCUT2D eigenvalue weighted by molar-refractivity contribution is 6.04. The predicted octanol–water partition coefficient (Wildman–Crippen LogP) is 3.82. The lowest BCUT2D eigenvalue weighted by atomic mass is 10.1. The first kappa shape index (κ1) is 19.2. The van der Waals surface area contributed by atoms with Crippen LogP contribution in [0.3, 0.4) is 0 Å². The van der Waals surface area contributed by atoms with Crippen molar-refractivity contribution < 1.29 is 13.9 Å². The first-order valence-electron chi connectivity index (χ1n) is 10.6. The molecule has 0 saturated carbocycles. The normalized spacial score (nSPS) is 19.5. The molecule has 0 bridgehead atoms. The van der Waals surface area contributed by atoms with E-state index in [0.29, 0.717) is 30.8 Å². The third-order valence-electron chi connectivity index (χ3n) is 6.02. The molecule has 156 valence electrons. The number of aromatic nitrogens is 3. The highest BCUT2D eigenvalue weighted by Gasteiger charge is 2.29. The van der Waals surface area contributed by atoms with Crippen LogP contribution in [-0.4, -0.2) is 45.0 Å². The summed E-state index contributed by atoms with van der Waals surface area (Å²) in [4.78, 5) is 24.9. The molecule has 1 amide bonds. The molecule has 2 aromatic heterocycles. The van der Waals surface area contributed by atoms with Crippen LogP contribution in [-0.2, 0) is 17.7 Å². The molecule has 4 heterocycles. The number of morpholine rings is 1. The Labute approximate surface area is 174 Å². The smallest absolute Gasteiger partial charge is 0.256 e. The van der Waals surface area contributed by atoms with Gasteiger partial charge in [0.25, 0.3) is 5.91 Å². The van der Waals surface area contributed by atoms with Crippen LogP contribution < -0.4 is 0 Å². The standard InChI is InChI=1S/C23H25FN4O2/c1-15-13-18(21-22(25-15)28-10-4-2-3-5-20(28)26-21)23(29)27-11-12-30-19(14-27)16-6-8-17(24)9-7-16/h6-9,13,19H,2-5,10-12,14H2,1H3. The minimum atomic E-state index is -0.281. The lowest BCUT2D eigenvalue weighted by molar-refractivity contribution is -0.0227. The van der Waals surface area contributed by atoms with E-state index in [2.05, 4.69) is 4.57 Å². The van der Waals surface area contributed by atoms with Crippen molar-refractivity contribution in [1.82, 2.24) is 19.4 Å². The summed E-state index contributed by atoms with van der Waals surface area (Å²) in [7, 11) is 0. The molecule has 0 radical (unpaired) electrons. The molecular formula is C23H25FN4O2. The lowest BCUT2D eigenvalue weighted by Gasteiger charge is -2.33. The molecule has 30 heavy (non-hydrogen) atoms. The summed E-state index contributed by atoms with van der Waals surface area (Å²) in [5, 5.41) is 0. The van der Waals surface area contributed by atoms with Gasteiger partial charge in [0.05, 0.1) is 18.7 Å². The summed E-state index contributed by atoms with van der Waals surface area (Å²) in [5.41, 5.74) is 3.82. The van der Waals surface area contributed by atoms with Crippen molar-refractivity contribution >= 4 is 17.1 Å². The van der Waals surface area contributed by atoms with E-state index >= 15 is 0 Å². The molecule has 1 fully saturated rings. The molecule has 2 aliphatic rings. The number of ether oxygens (including phenoxy) is 1. The molecular weight excluding hydrogens is 383 g/mol. The Morgan fingerprint density at radius 2 is 1.97 bits per heavy atom. The fraction of sp³-hybridized carbons (Fsp3) is 0.435. The number of carbonyl (C=O) groups excluding carboxylic acids is 1. The van der Waals surface area contributed by atoms with Gasteiger partial charge in [-0.2, -0.15) is 0 Å². The molecule has 0 N–H and O–H groups in total. The van der Waals surface area contributed by atoms with Gasteiger partial charge in [0.2, 0.25) is 0 Å². The zero-order valence-corrected chi connectivity index (χ0v) is 17.1. The van der Waals surface area contributed by atoms with Crippen LogP contribution in [0.5, 0.6) is 0 Å². The van der Waals surface area contributed by atoms with Crippen LogP contribution in [0.1, 0.15) is 52.8 Å². The van der Waals surface area contributed by atoms with Crippen molar-refractivity contribution in [2.75, 3.05) is 19.7 Å². The van der Waals surface area contributed by atoms with Crippen LogP contribution in [0, 0.1) is 12.7 Å². The third kappa shape index (κ3) is 3.47. The molecule has 1 atom stereocenters. The molecule has 1 saturated heterocycles. The van der Waals surface area contributed by atoms with E-state index in [0.717, 1.165) is 48.5 Å². The number of hydrogen-bond donors (Lipinski definition) is 0. The number of halogens is 1. The second-order valence-electron chi connectivity index (χ2n) is 8.14. The molecule has 1 unspecified atom stereocenters. The summed E-state index contributed by atoms with van der Waals surface area (Å²) in [6.45, 7) is 4.22. The Kier molecular flexibility index (Phi) is 4.98. The summed E-state index contributed by atoms with van der Waals surface area (Å²) >= 11 is 0. The molecule has 3 aromatic rings. The zero-order valence-electron chi connectivity index (χ0n) is 17.1. The highest BCUT2D eigenvalue weighted by atomic mass is 19.1. The topological polar surface area (TPSA) is 60.3 Å². The van der Waals surface area contributed by atoms with Crippen LogP contribution in [0.2, 0.25) is 0 Å². The molecule has 1 aromatic carbocycles. The van der Waals surface area contributed by atoms with E-state index in [1.54, 1.807) is 12.1 Å². The number of benzene rings is 1. The van der Waals surface area contributed by atoms with Crippen molar-refractivity contribution in [2.45, 2.75) is 45.3 Å². The van der Waals surface area contributed by atoms with Crippen LogP contribution in [0.4, 0.5) is 4.39 Å². The number of carbonyl (C=O) groups is 1. The van der Waals surface area contributed by atoms with Crippen LogP contribution >= 0.6 is 0 Å². The van der Waals surface area contributed by atoms with Gasteiger partial charge in [0.15, 0.2) is 5.65 Å². The van der Waals surface area contributed by atoms with E-state index in [1.807, 2.05) is 17.9 Å². The summed E-state index contributed by atoms with van der Waals surface area (Å²) in [5.74, 6) is 0.701. The molecule has 7 heteroatoms. The maximum Gasteiger partial charge on any atom is 0.256 e. The van der Waals surface area contributed by atoms with E-state index in [4.69, 9.17) is 14.7 Å². The molecule has 6 nitrogen and oxygen atoms in total. The quantitative estimate of drug-likeness (QED) is 0.647. The average Bonchev–Trinajstić information content (AvgIpc) is 2.94. The van der Waals surface area contributed by atoms with Gasteiger partial charge in [-0.15, -0.1) is 0 Å². The second kappa shape index (κ2) is 7.80. The predicted molar refractivity (Wildman–Crippen MR) is 111 cm³/mol. The second-order valence-corrected chi connectivity index (χ2v) is 8.14. The van der Waals surface area contributed by atoms with Gasteiger partial charge in [-0.1, -0.05) is 18.6 Å². The Morgan fingerprint density at radius 1 is 1.13 bits per heavy atom. The van der Waals surface area contributed by atoms with Crippen molar-refractivity contribution in [3.8, 4) is 0 Å². The first-order valence-corrected chi connectivity index (χ1v) is 10.6. The number of fused-ring (bicyclic) bond motifs is 3. The first-order chi connectivity index (χ1) is 14.6. The van der Waals surface area contributed by atoms with Gasteiger partial charge in [0, 0.05) is 25.2 Å². The van der Waals surface area contributed by atoms with E-state index in [9.17, 15) is 9.18 Å². The zero-order chi connectivity index (χ0) is 20.7.